The molecule has 1 aromatic carbocycles. The van der Waals surface area contributed by atoms with E-state index in [9.17, 15) is 9.59 Å². The van der Waals surface area contributed by atoms with E-state index in [0.29, 0.717) is 47.6 Å². The molecule has 0 saturated carbocycles. The predicted molar refractivity (Wildman–Crippen MR) is 108 cm³/mol. The molecule has 0 spiro atoms. The van der Waals surface area contributed by atoms with Crippen LogP contribution in [-0.4, -0.2) is 53.3 Å². The van der Waals surface area contributed by atoms with Gasteiger partial charge in [-0.05, 0) is 18.2 Å². The van der Waals surface area contributed by atoms with Crippen molar-refractivity contribution in [3.8, 4) is 0 Å². The Morgan fingerprint density at radius 1 is 1.19 bits per heavy atom. The number of aromatic nitrogens is 2. The van der Waals surface area contributed by atoms with E-state index >= 15 is 0 Å². The fourth-order valence-electron chi connectivity index (χ4n) is 2.86. The van der Waals surface area contributed by atoms with E-state index in [1.165, 1.54) is 4.68 Å². The molecule has 144 valence electrons. The van der Waals surface area contributed by atoms with E-state index in [4.69, 9.17) is 34.8 Å². The molecule has 0 bridgehead atoms. The summed E-state index contributed by atoms with van der Waals surface area (Å²) >= 11 is 18.2. The maximum atomic E-state index is 12.3. The number of carbonyl (C=O) groups excluding carboxylic acids is 1. The molecule has 3 rings (SSSR count). The molecule has 1 aromatic heterocycles. The number of nitrogens with one attached hydrogen (secondary N) is 1. The van der Waals surface area contributed by atoms with Crippen LogP contribution in [0.1, 0.15) is 0 Å². The number of carbonyl (C=O) groups is 1. The van der Waals surface area contributed by atoms with E-state index in [2.05, 4.69) is 10.4 Å². The van der Waals surface area contributed by atoms with E-state index in [1.54, 1.807) is 31.4 Å². The van der Waals surface area contributed by atoms with Gasteiger partial charge in [-0.1, -0.05) is 34.8 Å². The van der Waals surface area contributed by atoms with Gasteiger partial charge in [0.2, 0.25) is 5.91 Å². The molecule has 1 N–H and O–H groups in total. The Kier molecular flexibility index (Phi) is 6.26. The normalized spacial score (nSPS) is 15.0. The van der Waals surface area contributed by atoms with Gasteiger partial charge in [0.25, 0.3) is 5.56 Å². The van der Waals surface area contributed by atoms with Crippen LogP contribution in [0.25, 0.3) is 0 Å². The number of nitrogens with zero attached hydrogens (tertiary/aromatic N) is 4. The summed E-state index contributed by atoms with van der Waals surface area (Å²) in [4.78, 5) is 28.2. The Labute approximate surface area is 171 Å². The van der Waals surface area contributed by atoms with E-state index in [0.717, 1.165) is 0 Å². The lowest BCUT2D eigenvalue weighted by atomic mass is 10.2. The molecule has 7 nitrogen and oxygen atoms in total. The standard InChI is InChI=1S/C17H18Cl3N5O2/c1-23-17(27)16(20)14(9-21-23)25-6-4-24(5-7-25)10-15(26)22-13-8-11(18)2-3-12(13)19/h2-3,8-9H,4-7,10H2,1H3,(H,22,26). The highest BCUT2D eigenvalue weighted by Crippen LogP contribution is 2.25. The molecule has 0 atom stereocenters. The first-order chi connectivity index (χ1) is 12.8. The third-order valence-electron chi connectivity index (χ3n) is 4.34. The van der Waals surface area contributed by atoms with E-state index in [-0.39, 0.29) is 23.0 Å². The maximum Gasteiger partial charge on any atom is 0.287 e. The molecule has 1 amide bonds. The Balaban J connectivity index is 1.57. The number of hydrogen-bond donors (Lipinski definition) is 1. The third-order valence-corrected chi connectivity index (χ3v) is 5.26. The average molecular weight is 431 g/mol. The highest BCUT2D eigenvalue weighted by Gasteiger charge is 2.22. The molecule has 0 aliphatic carbocycles. The fourth-order valence-corrected chi connectivity index (χ4v) is 3.48. The van der Waals surface area contributed by atoms with Gasteiger partial charge in [-0.15, -0.1) is 0 Å². The van der Waals surface area contributed by atoms with Crippen LogP contribution >= 0.6 is 34.8 Å². The number of halogens is 3. The van der Waals surface area contributed by atoms with Crippen molar-refractivity contribution in [3.05, 3.63) is 49.8 Å². The zero-order valence-corrected chi connectivity index (χ0v) is 16.9. The Morgan fingerprint density at radius 3 is 2.59 bits per heavy atom. The maximum absolute atomic E-state index is 12.3. The summed E-state index contributed by atoms with van der Waals surface area (Å²) in [6, 6.07) is 4.92. The van der Waals surface area contributed by atoms with Crippen molar-refractivity contribution in [2.45, 2.75) is 0 Å². The van der Waals surface area contributed by atoms with Crippen molar-refractivity contribution in [2.75, 3.05) is 42.9 Å². The molecule has 1 aliphatic rings. The second-order valence-electron chi connectivity index (χ2n) is 6.21. The van der Waals surface area contributed by atoms with Gasteiger partial charge >= 0.3 is 0 Å². The van der Waals surface area contributed by atoms with Crippen LogP contribution in [0.3, 0.4) is 0 Å². The third kappa shape index (κ3) is 4.73. The lowest BCUT2D eigenvalue weighted by Gasteiger charge is -2.35. The first-order valence-electron chi connectivity index (χ1n) is 8.29. The monoisotopic (exact) mass is 429 g/mol. The van der Waals surface area contributed by atoms with E-state index in [1.807, 2.05) is 9.80 Å². The molecular formula is C17H18Cl3N5O2. The van der Waals surface area contributed by atoms with Crippen LogP contribution in [0.15, 0.2) is 29.2 Å². The van der Waals surface area contributed by atoms with Crippen molar-refractivity contribution in [3.63, 3.8) is 0 Å². The molecule has 1 fully saturated rings. The molecule has 0 unspecified atom stereocenters. The summed E-state index contributed by atoms with van der Waals surface area (Å²) in [6.45, 7) is 2.82. The second kappa shape index (κ2) is 8.48. The summed E-state index contributed by atoms with van der Waals surface area (Å²) in [5.41, 5.74) is 0.787. The van der Waals surface area contributed by atoms with Gasteiger partial charge in [0.05, 0.1) is 29.1 Å². The van der Waals surface area contributed by atoms with Gasteiger partial charge in [-0.25, -0.2) is 4.68 Å². The van der Waals surface area contributed by atoms with Gasteiger partial charge in [0, 0.05) is 38.2 Å². The summed E-state index contributed by atoms with van der Waals surface area (Å²) in [7, 11) is 1.56. The summed E-state index contributed by atoms with van der Waals surface area (Å²) < 4.78 is 1.20. The fraction of sp³-hybridized carbons (Fsp3) is 0.353. The Morgan fingerprint density at radius 2 is 1.89 bits per heavy atom. The van der Waals surface area contributed by atoms with Gasteiger partial charge in [-0.2, -0.15) is 5.10 Å². The summed E-state index contributed by atoms with van der Waals surface area (Å²) in [6.07, 6.45) is 1.59. The summed E-state index contributed by atoms with van der Waals surface area (Å²) in [5, 5.41) is 7.90. The SMILES string of the molecule is Cn1ncc(N2CCN(CC(=O)Nc3cc(Cl)ccc3Cl)CC2)c(Cl)c1=O. The minimum absolute atomic E-state index is 0.161. The second-order valence-corrected chi connectivity index (χ2v) is 7.43. The number of rotatable bonds is 4. The van der Waals surface area contributed by atoms with Crippen molar-refractivity contribution in [1.29, 1.82) is 0 Å². The number of amides is 1. The Hall–Kier alpha value is -1.80. The highest BCUT2D eigenvalue weighted by atomic mass is 35.5. The average Bonchev–Trinajstić information content (AvgIpc) is 2.64. The highest BCUT2D eigenvalue weighted by molar-refractivity contribution is 6.35. The number of benzene rings is 1. The molecule has 1 aliphatic heterocycles. The first kappa shape index (κ1) is 19.9. The molecule has 0 radical (unpaired) electrons. The molecule has 2 aromatic rings. The van der Waals surface area contributed by atoms with E-state index < -0.39 is 0 Å². The molecule has 2 heterocycles. The zero-order valence-electron chi connectivity index (χ0n) is 14.6. The predicted octanol–water partition coefficient (Wildman–Crippen LogP) is 2.50. The first-order valence-corrected chi connectivity index (χ1v) is 9.42. The number of anilines is 2. The van der Waals surface area contributed by atoms with Gasteiger partial charge < -0.3 is 10.2 Å². The minimum Gasteiger partial charge on any atom is -0.366 e. The minimum atomic E-state index is -0.325. The van der Waals surface area contributed by atoms with Gasteiger partial charge in [0.1, 0.15) is 5.02 Å². The quantitative estimate of drug-likeness (QED) is 0.807. The van der Waals surface area contributed by atoms with Crippen LogP contribution in [0.4, 0.5) is 11.4 Å². The van der Waals surface area contributed by atoms with Gasteiger partial charge in [0.15, 0.2) is 0 Å². The lowest BCUT2D eigenvalue weighted by molar-refractivity contribution is -0.117. The molecule has 27 heavy (non-hydrogen) atoms. The van der Waals surface area contributed by atoms with Crippen molar-refractivity contribution in [1.82, 2.24) is 14.7 Å². The van der Waals surface area contributed by atoms with Gasteiger partial charge in [-0.3, -0.25) is 14.5 Å². The van der Waals surface area contributed by atoms with Crippen molar-refractivity contribution < 1.29 is 4.79 Å². The topological polar surface area (TPSA) is 70.5 Å². The molecule has 1 saturated heterocycles. The lowest BCUT2D eigenvalue weighted by Crippen LogP contribution is -2.49. The molecule has 10 heteroatoms. The zero-order chi connectivity index (χ0) is 19.6. The van der Waals surface area contributed by atoms with Crippen LogP contribution in [0.5, 0.6) is 0 Å². The van der Waals surface area contributed by atoms with Crippen LogP contribution in [0.2, 0.25) is 15.1 Å². The Bertz CT molecular complexity index is 910. The largest absolute Gasteiger partial charge is 0.366 e. The number of aryl methyl sites for hydroxylation is 1. The number of piperazine rings is 1. The molecular weight excluding hydrogens is 413 g/mol. The summed E-state index contributed by atoms with van der Waals surface area (Å²) in [5.74, 6) is -0.166. The number of hydrogen-bond acceptors (Lipinski definition) is 5. The smallest absolute Gasteiger partial charge is 0.287 e. The van der Waals surface area contributed by atoms with Crippen LogP contribution in [-0.2, 0) is 11.8 Å². The van der Waals surface area contributed by atoms with Crippen molar-refractivity contribution >= 4 is 52.1 Å². The van der Waals surface area contributed by atoms with Crippen molar-refractivity contribution in [2.24, 2.45) is 7.05 Å². The van der Waals surface area contributed by atoms with Crippen LogP contribution in [0, 0.1) is 0 Å². The van der Waals surface area contributed by atoms with Crippen LogP contribution < -0.4 is 15.8 Å².